The normalized spacial score (nSPS) is 11.4. The van der Waals surface area contributed by atoms with Gasteiger partial charge in [0.15, 0.2) is 5.96 Å². The van der Waals surface area contributed by atoms with Crippen LogP contribution in [0.4, 0.5) is 4.39 Å². The third-order valence-electron chi connectivity index (χ3n) is 3.88. The summed E-state index contributed by atoms with van der Waals surface area (Å²) in [6, 6.07) is 10.5. The van der Waals surface area contributed by atoms with Gasteiger partial charge in [0.1, 0.15) is 18.0 Å². The van der Waals surface area contributed by atoms with Gasteiger partial charge in [-0.25, -0.2) is 14.4 Å². The minimum atomic E-state index is -0.216. The average Bonchev–Trinajstić information content (AvgIpc) is 3.21. The number of nitrogens with zero attached hydrogens (tertiary/aromatic N) is 4. The monoisotopic (exact) mass is 352 g/mol. The fraction of sp³-hybridized carbons (Fsp3) is 0.211. The first-order valence-electron chi connectivity index (χ1n) is 8.37. The summed E-state index contributed by atoms with van der Waals surface area (Å²) >= 11 is 0. The lowest BCUT2D eigenvalue weighted by Crippen LogP contribution is -2.37. The molecule has 0 fully saturated rings. The number of aliphatic imine (C=N–C) groups is 1. The van der Waals surface area contributed by atoms with Crippen LogP contribution in [-0.2, 0) is 13.0 Å². The number of halogens is 1. The van der Waals surface area contributed by atoms with Crippen LogP contribution in [0.2, 0.25) is 0 Å². The summed E-state index contributed by atoms with van der Waals surface area (Å²) in [7, 11) is 1.73. The maximum absolute atomic E-state index is 12.9. The summed E-state index contributed by atoms with van der Waals surface area (Å²) in [6.45, 7) is 1.33. The van der Waals surface area contributed by atoms with Crippen LogP contribution in [0.5, 0.6) is 0 Å². The Balaban J connectivity index is 1.45. The van der Waals surface area contributed by atoms with Gasteiger partial charge in [-0.3, -0.25) is 9.56 Å². The van der Waals surface area contributed by atoms with Crippen molar-refractivity contribution in [3.05, 3.63) is 78.3 Å². The molecule has 3 rings (SSSR count). The molecule has 0 saturated carbocycles. The Morgan fingerprint density at radius 1 is 1.12 bits per heavy atom. The first kappa shape index (κ1) is 17.6. The largest absolute Gasteiger partial charge is 0.356 e. The molecule has 134 valence electrons. The van der Waals surface area contributed by atoms with Crippen molar-refractivity contribution in [2.75, 3.05) is 13.6 Å². The molecule has 2 N–H and O–H groups in total. The van der Waals surface area contributed by atoms with E-state index >= 15 is 0 Å². The smallest absolute Gasteiger partial charge is 0.191 e. The van der Waals surface area contributed by atoms with E-state index in [2.05, 4.69) is 25.6 Å². The molecule has 0 aliphatic rings. The van der Waals surface area contributed by atoms with Gasteiger partial charge in [-0.2, -0.15) is 0 Å². The van der Waals surface area contributed by atoms with Crippen LogP contribution in [0.3, 0.4) is 0 Å². The van der Waals surface area contributed by atoms with Gasteiger partial charge < -0.3 is 10.6 Å². The molecular formula is C19H21FN6. The van der Waals surface area contributed by atoms with Crippen molar-refractivity contribution in [2.45, 2.75) is 13.0 Å². The lowest BCUT2D eigenvalue weighted by molar-refractivity contribution is 0.626. The van der Waals surface area contributed by atoms with Gasteiger partial charge in [0.2, 0.25) is 0 Å². The Bertz CT molecular complexity index is 825. The number of pyridine rings is 1. The van der Waals surface area contributed by atoms with Gasteiger partial charge in [0.25, 0.3) is 0 Å². The highest BCUT2D eigenvalue weighted by molar-refractivity contribution is 5.79. The van der Waals surface area contributed by atoms with Crippen LogP contribution in [0.25, 0.3) is 5.82 Å². The van der Waals surface area contributed by atoms with E-state index in [0.29, 0.717) is 19.0 Å². The first-order valence-corrected chi connectivity index (χ1v) is 8.37. The lowest BCUT2D eigenvalue weighted by atomic mass is 10.1. The fourth-order valence-electron chi connectivity index (χ4n) is 2.45. The van der Waals surface area contributed by atoms with Crippen molar-refractivity contribution in [1.82, 2.24) is 25.2 Å². The highest BCUT2D eigenvalue weighted by atomic mass is 19.1. The average molecular weight is 352 g/mol. The van der Waals surface area contributed by atoms with E-state index < -0.39 is 0 Å². The zero-order valence-electron chi connectivity index (χ0n) is 14.6. The molecule has 0 bridgehead atoms. The van der Waals surface area contributed by atoms with Crippen LogP contribution in [0.15, 0.2) is 66.3 Å². The number of hydrogen-bond acceptors (Lipinski definition) is 3. The molecule has 2 aromatic heterocycles. The lowest BCUT2D eigenvalue weighted by Gasteiger charge is -2.12. The second kappa shape index (κ2) is 8.75. The highest BCUT2D eigenvalue weighted by Crippen LogP contribution is 2.05. The van der Waals surface area contributed by atoms with Crippen LogP contribution >= 0.6 is 0 Å². The maximum atomic E-state index is 12.9. The first-order chi connectivity index (χ1) is 12.7. The predicted octanol–water partition coefficient (Wildman–Crippen LogP) is 2.31. The van der Waals surface area contributed by atoms with Crippen molar-refractivity contribution in [1.29, 1.82) is 0 Å². The summed E-state index contributed by atoms with van der Waals surface area (Å²) in [5.41, 5.74) is 2.13. The van der Waals surface area contributed by atoms with Gasteiger partial charge in [-0.05, 0) is 35.7 Å². The predicted molar refractivity (Wildman–Crippen MR) is 99.7 cm³/mol. The number of imidazole rings is 1. The number of rotatable bonds is 6. The molecule has 0 unspecified atom stereocenters. The van der Waals surface area contributed by atoms with Crippen molar-refractivity contribution >= 4 is 5.96 Å². The number of benzene rings is 1. The van der Waals surface area contributed by atoms with Crippen molar-refractivity contribution in [3.8, 4) is 5.82 Å². The summed E-state index contributed by atoms with van der Waals surface area (Å²) in [6.07, 6.45) is 7.91. The third-order valence-corrected chi connectivity index (χ3v) is 3.88. The van der Waals surface area contributed by atoms with Gasteiger partial charge in [-0.1, -0.05) is 18.2 Å². The molecule has 1 aromatic carbocycles. The second-order valence-corrected chi connectivity index (χ2v) is 5.72. The standard InChI is InChI=1S/C19H21FN6/c1-21-19(23-9-8-15-2-5-17(20)6-3-15)25-13-16-4-7-18(24-12-16)26-11-10-22-14-26/h2-7,10-12,14H,8-9,13H2,1H3,(H2,21,23,25). The molecule has 7 heteroatoms. The quantitative estimate of drug-likeness (QED) is 0.528. The SMILES string of the molecule is CN=C(NCCc1ccc(F)cc1)NCc1ccc(-n2ccnc2)nc1. The topological polar surface area (TPSA) is 67.1 Å². The summed E-state index contributed by atoms with van der Waals surface area (Å²) in [5.74, 6) is 1.32. The van der Waals surface area contributed by atoms with Crippen LogP contribution in [0, 0.1) is 5.82 Å². The Morgan fingerprint density at radius 3 is 2.58 bits per heavy atom. The van der Waals surface area contributed by atoms with Gasteiger partial charge in [0, 0.05) is 38.7 Å². The molecule has 0 aliphatic carbocycles. The van der Waals surface area contributed by atoms with E-state index in [9.17, 15) is 4.39 Å². The van der Waals surface area contributed by atoms with E-state index in [0.717, 1.165) is 23.4 Å². The fourth-order valence-corrected chi connectivity index (χ4v) is 2.45. The number of aromatic nitrogens is 3. The third kappa shape index (κ3) is 4.89. The highest BCUT2D eigenvalue weighted by Gasteiger charge is 2.01. The van der Waals surface area contributed by atoms with Crippen molar-refractivity contribution < 1.29 is 4.39 Å². The zero-order valence-corrected chi connectivity index (χ0v) is 14.6. The molecule has 0 amide bonds. The Labute approximate surface area is 151 Å². The number of nitrogens with one attached hydrogen (secondary N) is 2. The zero-order chi connectivity index (χ0) is 18.2. The van der Waals surface area contributed by atoms with Crippen LogP contribution < -0.4 is 10.6 Å². The van der Waals surface area contributed by atoms with Gasteiger partial charge in [-0.15, -0.1) is 0 Å². The number of hydrogen-bond donors (Lipinski definition) is 2. The van der Waals surface area contributed by atoms with E-state index in [-0.39, 0.29) is 5.82 Å². The minimum absolute atomic E-state index is 0.216. The van der Waals surface area contributed by atoms with Crippen LogP contribution in [-0.4, -0.2) is 34.1 Å². The van der Waals surface area contributed by atoms with Gasteiger partial charge in [0.05, 0.1) is 0 Å². The summed E-state index contributed by atoms with van der Waals surface area (Å²) in [4.78, 5) is 12.6. The second-order valence-electron chi connectivity index (χ2n) is 5.72. The molecular weight excluding hydrogens is 331 g/mol. The van der Waals surface area contributed by atoms with E-state index in [1.54, 1.807) is 31.7 Å². The maximum Gasteiger partial charge on any atom is 0.191 e. The van der Waals surface area contributed by atoms with E-state index in [1.165, 1.54) is 12.1 Å². The molecule has 0 atom stereocenters. The minimum Gasteiger partial charge on any atom is -0.356 e. The molecule has 2 heterocycles. The molecule has 6 nitrogen and oxygen atoms in total. The molecule has 0 aliphatic heterocycles. The Hall–Kier alpha value is -3.22. The van der Waals surface area contributed by atoms with Crippen LogP contribution in [0.1, 0.15) is 11.1 Å². The van der Waals surface area contributed by atoms with E-state index in [1.807, 2.05) is 29.1 Å². The number of guanidine groups is 1. The molecule has 0 saturated heterocycles. The Kier molecular flexibility index (Phi) is 5.92. The van der Waals surface area contributed by atoms with Crippen molar-refractivity contribution in [3.63, 3.8) is 0 Å². The molecule has 26 heavy (non-hydrogen) atoms. The Morgan fingerprint density at radius 2 is 1.92 bits per heavy atom. The molecule has 0 radical (unpaired) electrons. The summed E-state index contributed by atoms with van der Waals surface area (Å²) < 4.78 is 14.8. The van der Waals surface area contributed by atoms with E-state index in [4.69, 9.17) is 0 Å². The van der Waals surface area contributed by atoms with Gasteiger partial charge >= 0.3 is 0 Å². The molecule has 3 aromatic rings. The van der Waals surface area contributed by atoms with Crippen molar-refractivity contribution in [2.24, 2.45) is 4.99 Å². The summed E-state index contributed by atoms with van der Waals surface area (Å²) in [5, 5.41) is 6.50. The molecule has 0 spiro atoms.